The van der Waals surface area contributed by atoms with Gasteiger partial charge >= 0.3 is 0 Å². The molecule has 1 aromatic rings. The molecule has 2 rings (SSSR count). The van der Waals surface area contributed by atoms with Crippen molar-refractivity contribution in [1.82, 2.24) is 0 Å². The van der Waals surface area contributed by atoms with Gasteiger partial charge in [0.05, 0.1) is 6.04 Å². The molecule has 0 bridgehead atoms. The van der Waals surface area contributed by atoms with Crippen LogP contribution in [0.1, 0.15) is 31.7 Å². The molecule has 1 aromatic carbocycles. The quantitative estimate of drug-likeness (QED) is 0.581. The van der Waals surface area contributed by atoms with Gasteiger partial charge in [0.25, 0.3) is 0 Å². The summed E-state index contributed by atoms with van der Waals surface area (Å²) in [5.74, 6) is 1.38. The van der Waals surface area contributed by atoms with Gasteiger partial charge in [-0.2, -0.15) is 0 Å². The summed E-state index contributed by atoms with van der Waals surface area (Å²) in [6.45, 7) is 2.26. The Labute approximate surface area is 91.2 Å². The van der Waals surface area contributed by atoms with Crippen LogP contribution in [0.3, 0.4) is 0 Å². The maximum atomic E-state index is 5.99. The predicted molar refractivity (Wildman–Crippen MR) is 64.0 cm³/mol. The van der Waals surface area contributed by atoms with E-state index in [0.29, 0.717) is 17.8 Å². The molecule has 0 aromatic heterocycles. The first-order valence-electron chi connectivity index (χ1n) is 5.66. The van der Waals surface area contributed by atoms with E-state index in [1.54, 1.807) is 0 Å². The maximum Gasteiger partial charge on any atom is 0.125 e. The van der Waals surface area contributed by atoms with Gasteiger partial charge in [-0.25, -0.2) is 0 Å². The molecule has 2 N–H and O–H groups in total. The first-order valence-corrected chi connectivity index (χ1v) is 5.66. The Morgan fingerprint density at radius 1 is 1.27 bits per heavy atom. The Morgan fingerprint density at radius 2 is 2.00 bits per heavy atom. The fourth-order valence-electron chi connectivity index (χ4n) is 2.18. The zero-order valence-corrected chi connectivity index (χ0v) is 9.19. The fourth-order valence-corrected chi connectivity index (χ4v) is 2.18. The Balaban J connectivity index is 2.13. The van der Waals surface area contributed by atoms with Crippen LogP contribution in [0.5, 0.6) is 0 Å². The van der Waals surface area contributed by atoms with Crippen LogP contribution in [0.4, 0.5) is 0 Å². The highest BCUT2D eigenvalue weighted by Gasteiger charge is 2.22. The van der Waals surface area contributed by atoms with E-state index in [4.69, 9.17) is 5.73 Å². The third-order valence-corrected chi connectivity index (χ3v) is 3.19. The molecule has 0 aliphatic heterocycles. The van der Waals surface area contributed by atoms with Gasteiger partial charge in [-0.15, -0.1) is 0 Å². The van der Waals surface area contributed by atoms with Gasteiger partial charge in [0.1, 0.15) is 5.84 Å². The maximum absolute atomic E-state index is 5.99. The number of hydrogen-bond acceptors (Lipinski definition) is 1. The molecule has 0 amide bonds. The van der Waals surface area contributed by atoms with Gasteiger partial charge in [0.15, 0.2) is 0 Å². The van der Waals surface area contributed by atoms with E-state index in [9.17, 15) is 0 Å². The SMILES string of the molecule is CC1CCCC1N=C(N)c1ccccc1. The van der Waals surface area contributed by atoms with Crippen molar-refractivity contribution in [2.75, 3.05) is 0 Å². The smallest absolute Gasteiger partial charge is 0.125 e. The predicted octanol–water partition coefficient (Wildman–Crippen LogP) is 2.58. The Morgan fingerprint density at radius 3 is 2.60 bits per heavy atom. The summed E-state index contributed by atoms with van der Waals surface area (Å²) >= 11 is 0. The molecule has 15 heavy (non-hydrogen) atoms. The Hall–Kier alpha value is -1.31. The monoisotopic (exact) mass is 202 g/mol. The number of nitrogens with zero attached hydrogens (tertiary/aromatic N) is 1. The largest absolute Gasteiger partial charge is 0.383 e. The summed E-state index contributed by atoms with van der Waals surface area (Å²) in [6, 6.07) is 10.4. The first kappa shape index (κ1) is 10.2. The average Bonchev–Trinajstić information content (AvgIpc) is 2.66. The van der Waals surface area contributed by atoms with Gasteiger partial charge in [0, 0.05) is 5.56 Å². The lowest BCUT2D eigenvalue weighted by Gasteiger charge is -2.11. The number of benzene rings is 1. The lowest BCUT2D eigenvalue weighted by molar-refractivity contribution is 0.529. The summed E-state index contributed by atoms with van der Waals surface area (Å²) < 4.78 is 0. The molecule has 2 unspecified atom stereocenters. The number of hydrogen-bond donors (Lipinski definition) is 1. The molecule has 2 heteroatoms. The minimum absolute atomic E-state index is 0.435. The zero-order chi connectivity index (χ0) is 10.7. The van der Waals surface area contributed by atoms with Crippen molar-refractivity contribution in [2.45, 2.75) is 32.2 Å². The van der Waals surface area contributed by atoms with E-state index in [-0.39, 0.29) is 0 Å². The van der Waals surface area contributed by atoms with E-state index < -0.39 is 0 Å². The second-order valence-corrected chi connectivity index (χ2v) is 4.36. The average molecular weight is 202 g/mol. The highest BCUT2D eigenvalue weighted by molar-refractivity contribution is 5.97. The van der Waals surface area contributed by atoms with Crippen molar-refractivity contribution in [3.63, 3.8) is 0 Å². The van der Waals surface area contributed by atoms with Crippen LogP contribution in [-0.4, -0.2) is 11.9 Å². The number of rotatable bonds is 2. The van der Waals surface area contributed by atoms with Crippen LogP contribution in [-0.2, 0) is 0 Å². The number of nitrogens with two attached hydrogens (primary N) is 1. The van der Waals surface area contributed by atoms with Crippen LogP contribution in [0, 0.1) is 5.92 Å². The fraction of sp³-hybridized carbons (Fsp3) is 0.462. The van der Waals surface area contributed by atoms with Crippen molar-refractivity contribution in [2.24, 2.45) is 16.6 Å². The van der Waals surface area contributed by atoms with Gasteiger partial charge in [0.2, 0.25) is 0 Å². The summed E-state index contributed by atoms with van der Waals surface area (Å²) in [4.78, 5) is 4.62. The highest BCUT2D eigenvalue weighted by Crippen LogP contribution is 2.27. The Bertz CT molecular complexity index is 343. The summed E-state index contributed by atoms with van der Waals surface area (Å²) in [7, 11) is 0. The molecule has 1 aliphatic carbocycles. The normalized spacial score (nSPS) is 26.9. The van der Waals surface area contributed by atoms with Gasteiger partial charge in [-0.05, 0) is 18.8 Å². The van der Waals surface area contributed by atoms with Crippen molar-refractivity contribution in [3.05, 3.63) is 35.9 Å². The molecule has 0 saturated heterocycles. The number of aliphatic imine (C=N–C) groups is 1. The van der Waals surface area contributed by atoms with Crippen LogP contribution >= 0.6 is 0 Å². The van der Waals surface area contributed by atoms with Crippen LogP contribution in [0.25, 0.3) is 0 Å². The van der Waals surface area contributed by atoms with Gasteiger partial charge < -0.3 is 5.73 Å². The minimum Gasteiger partial charge on any atom is -0.383 e. The standard InChI is InChI=1S/C13H18N2/c1-10-6-5-9-12(10)15-13(14)11-7-3-2-4-8-11/h2-4,7-8,10,12H,5-6,9H2,1H3,(H2,14,15). The lowest BCUT2D eigenvalue weighted by atomic mass is 10.1. The third-order valence-electron chi connectivity index (χ3n) is 3.19. The van der Waals surface area contributed by atoms with E-state index in [2.05, 4.69) is 11.9 Å². The first-order chi connectivity index (χ1) is 7.27. The molecular formula is C13H18N2. The minimum atomic E-state index is 0.435. The molecule has 0 spiro atoms. The second kappa shape index (κ2) is 4.47. The van der Waals surface area contributed by atoms with Crippen molar-refractivity contribution in [1.29, 1.82) is 0 Å². The summed E-state index contributed by atoms with van der Waals surface area (Å²) in [5, 5.41) is 0. The van der Waals surface area contributed by atoms with Gasteiger partial charge in [-0.1, -0.05) is 43.7 Å². The summed E-state index contributed by atoms with van der Waals surface area (Å²) in [5.41, 5.74) is 7.03. The second-order valence-electron chi connectivity index (χ2n) is 4.36. The van der Waals surface area contributed by atoms with Crippen molar-refractivity contribution >= 4 is 5.84 Å². The van der Waals surface area contributed by atoms with Gasteiger partial charge in [-0.3, -0.25) is 4.99 Å². The highest BCUT2D eigenvalue weighted by atomic mass is 14.9. The number of amidine groups is 1. The zero-order valence-electron chi connectivity index (χ0n) is 9.19. The van der Waals surface area contributed by atoms with E-state index in [1.807, 2.05) is 30.3 Å². The molecule has 2 atom stereocenters. The van der Waals surface area contributed by atoms with Crippen LogP contribution < -0.4 is 5.73 Å². The molecule has 1 fully saturated rings. The molecule has 0 radical (unpaired) electrons. The van der Waals surface area contributed by atoms with Crippen molar-refractivity contribution in [3.8, 4) is 0 Å². The van der Waals surface area contributed by atoms with E-state index in [1.165, 1.54) is 19.3 Å². The molecule has 80 valence electrons. The molecule has 1 saturated carbocycles. The molecular weight excluding hydrogens is 184 g/mol. The molecule has 2 nitrogen and oxygen atoms in total. The Kier molecular flexibility index (Phi) is 3.05. The summed E-state index contributed by atoms with van der Waals surface area (Å²) in [6.07, 6.45) is 3.77. The van der Waals surface area contributed by atoms with Crippen molar-refractivity contribution < 1.29 is 0 Å². The van der Waals surface area contributed by atoms with E-state index in [0.717, 1.165) is 5.56 Å². The van der Waals surface area contributed by atoms with Crippen LogP contribution in [0.15, 0.2) is 35.3 Å². The third kappa shape index (κ3) is 2.38. The molecule has 0 heterocycles. The van der Waals surface area contributed by atoms with E-state index >= 15 is 0 Å². The van der Waals surface area contributed by atoms with Crippen LogP contribution in [0.2, 0.25) is 0 Å². The molecule has 1 aliphatic rings. The lowest BCUT2D eigenvalue weighted by Crippen LogP contribution is -2.19. The topological polar surface area (TPSA) is 38.4 Å².